The molecular weight excluding hydrogens is 1120 g/mol. The van der Waals surface area contributed by atoms with Crippen LogP contribution in [0, 0.1) is 27.7 Å². The standard InChI is InChI=1S/2C26H28N3.C23H16O6.ClH/c2*1-19-17-21(20(2)29(19)24-9-7-6-8-10-24)11-13-23-14-12-22-18-25(27(3)4)15-16-26(22)28(23)5;24-20-16(14-7-3-1-5-12(14)9-18(20)22(26)27)11-17-15-8-4-2-6-13(15)10-19(21(17)25)23(28)29;/h2*6-18H,1-5H3;1-10,24-25H,11H2,(H,26,27)(H,28,29);1H/q2*+1;;. The number of aromatic hydroxyl groups is 2. The van der Waals surface area contributed by atoms with Gasteiger partial charge in [0.2, 0.25) is 22.4 Å². The van der Waals surface area contributed by atoms with Gasteiger partial charge in [-0.3, -0.25) is 0 Å². The molecule has 0 saturated heterocycles. The van der Waals surface area contributed by atoms with Crippen molar-refractivity contribution in [3.63, 3.8) is 0 Å². The van der Waals surface area contributed by atoms with Gasteiger partial charge in [0.15, 0.2) is 0 Å². The minimum absolute atomic E-state index is 0. The zero-order valence-corrected chi connectivity index (χ0v) is 52.0. The molecule has 0 unspecified atom stereocenters. The van der Waals surface area contributed by atoms with Gasteiger partial charge in [-0.25, -0.2) is 9.59 Å². The van der Waals surface area contributed by atoms with Crippen molar-refractivity contribution in [2.45, 2.75) is 34.1 Å². The first-order valence-corrected chi connectivity index (χ1v) is 28.8. The Hall–Kier alpha value is -10.4. The van der Waals surface area contributed by atoms with Crippen molar-refractivity contribution >= 4 is 103 Å². The van der Waals surface area contributed by atoms with Crippen molar-refractivity contribution < 1.29 is 39.1 Å². The highest BCUT2D eigenvalue weighted by Gasteiger charge is 2.23. The number of phenols is 2. The van der Waals surface area contributed by atoms with Crippen LogP contribution in [-0.4, -0.2) is 69.7 Å². The number of benzene rings is 8. The summed E-state index contributed by atoms with van der Waals surface area (Å²) in [5, 5.41) is 45.3. The lowest BCUT2D eigenvalue weighted by Gasteiger charge is -2.16. The van der Waals surface area contributed by atoms with E-state index in [-0.39, 0.29) is 30.0 Å². The maximum atomic E-state index is 11.6. The Morgan fingerprint density at radius 1 is 0.443 bits per heavy atom. The summed E-state index contributed by atoms with van der Waals surface area (Å²) in [6.07, 6.45) is 8.81. The van der Waals surface area contributed by atoms with Crippen LogP contribution in [0.5, 0.6) is 11.5 Å². The van der Waals surface area contributed by atoms with Crippen LogP contribution in [-0.2, 0) is 20.5 Å². The van der Waals surface area contributed by atoms with Crippen LogP contribution < -0.4 is 18.9 Å². The molecule has 4 heterocycles. The molecule has 0 spiro atoms. The summed E-state index contributed by atoms with van der Waals surface area (Å²) in [6.45, 7) is 8.69. The van der Waals surface area contributed by atoms with Gasteiger partial charge in [0.1, 0.15) is 36.7 Å². The molecule has 0 saturated carbocycles. The molecule has 13 heteroatoms. The zero-order chi connectivity index (χ0) is 61.8. The number of pyridine rings is 2. The van der Waals surface area contributed by atoms with E-state index in [9.17, 15) is 30.0 Å². The molecule has 4 N–H and O–H groups in total. The van der Waals surface area contributed by atoms with Crippen molar-refractivity contribution in [2.24, 2.45) is 14.1 Å². The molecule has 0 radical (unpaired) electrons. The Morgan fingerprint density at radius 2 is 0.807 bits per heavy atom. The quantitative estimate of drug-likeness (QED) is 0.0887. The monoisotopic (exact) mass is 1190 g/mol. The zero-order valence-electron chi connectivity index (χ0n) is 51.2. The second-order valence-corrected chi connectivity index (χ2v) is 22.3. The van der Waals surface area contributed by atoms with Gasteiger partial charge in [-0.05, 0) is 157 Å². The summed E-state index contributed by atoms with van der Waals surface area (Å²) in [7, 11) is 12.6. The van der Waals surface area contributed by atoms with Gasteiger partial charge in [-0.2, -0.15) is 9.13 Å². The van der Waals surface area contributed by atoms with Crippen molar-refractivity contribution in [2.75, 3.05) is 38.0 Å². The smallest absolute Gasteiger partial charge is 0.339 e. The number of para-hydroxylation sites is 2. The fraction of sp³-hybridized carbons (Fsp3) is 0.147. The summed E-state index contributed by atoms with van der Waals surface area (Å²) < 4.78 is 9.12. The van der Waals surface area contributed by atoms with Crippen molar-refractivity contribution in [1.29, 1.82) is 0 Å². The van der Waals surface area contributed by atoms with Crippen molar-refractivity contribution in [1.82, 2.24) is 9.13 Å². The average Bonchev–Trinajstić information content (AvgIpc) is 1.28. The van der Waals surface area contributed by atoms with E-state index in [0.717, 1.165) is 0 Å². The molecule has 0 fully saturated rings. The van der Waals surface area contributed by atoms with Crippen LogP contribution in [0.3, 0.4) is 0 Å². The third kappa shape index (κ3) is 12.7. The van der Waals surface area contributed by atoms with Crippen LogP contribution in [0.4, 0.5) is 11.4 Å². The number of rotatable bonds is 12. The fourth-order valence-corrected chi connectivity index (χ4v) is 11.6. The van der Waals surface area contributed by atoms with Crippen LogP contribution in [0.25, 0.3) is 79.0 Å². The molecule has 0 aliphatic heterocycles. The van der Waals surface area contributed by atoms with Gasteiger partial charge in [0.25, 0.3) is 0 Å². The number of halogens is 1. The first-order chi connectivity index (χ1) is 41.8. The molecular formula is C75H73ClN6O6+2. The molecule has 0 bridgehead atoms. The lowest BCUT2D eigenvalue weighted by atomic mass is 9.90. The van der Waals surface area contributed by atoms with E-state index in [2.05, 4.69) is 256 Å². The van der Waals surface area contributed by atoms with E-state index in [4.69, 9.17) is 0 Å². The molecule has 4 aromatic heterocycles. The third-order valence-electron chi connectivity index (χ3n) is 16.3. The van der Waals surface area contributed by atoms with E-state index in [0.29, 0.717) is 32.7 Å². The number of carboxylic acids is 2. The number of carbonyl (C=O) groups is 2. The Balaban J connectivity index is 0.000000156. The first kappa shape index (κ1) is 62.1. The number of carboxylic acid groups (broad SMARTS) is 2. The van der Waals surface area contributed by atoms with Gasteiger partial charge in [0.05, 0.1) is 0 Å². The van der Waals surface area contributed by atoms with E-state index in [1.165, 1.54) is 102 Å². The number of hydrogen-bond acceptors (Lipinski definition) is 6. The van der Waals surface area contributed by atoms with Gasteiger partial charge in [-0.1, -0.05) is 84.9 Å². The van der Waals surface area contributed by atoms with Gasteiger partial charge < -0.3 is 39.4 Å². The van der Waals surface area contributed by atoms with Crippen molar-refractivity contribution in [3.8, 4) is 22.9 Å². The highest BCUT2D eigenvalue weighted by Crippen LogP contribution is 2.39. The lowest BCUT2D eigenvalue weighted by Crippen LogP contribution is -2.32. The Kier molecular flexibility index (Phi) is 18.7. The molecule has 0 atom stereocenters. The van der Waals surface area contributed by atoms with E-state index in [1.54, 1.807) is 48.5 Å². The largest absolute Gasteiger partial charge is 0.507 e. The number of aromatic nitrogens is 4. The molecule has 12 rings (SSSR count). The highest BCUT2D eigenvalue weighted by molar-refractivity contribution is 6.02. The van der Waals surface area contributed by atoms with Gasteiger partial charge in [0, 0.05) is 138 Å². The molecule has 12 nitrogen and oxygen atoms in total. The normalized spacial score (nSPS) is 11.2. The predicted octanol–water partition coefficient (Wildman–Crippen LogP) is 15.4. The maximum Gasteiger partial charge on any atom is 0.339 e. The van der Waals surface area contributed by atoms with Crippen LogP contribution in [0.1, 0.15) is 77.1 Å². The highest BCUT2D eigenvalue weighted by atomic mass is 35.5. The second-order valence-electron chi connectivity index (χ2n) is 22.3. The van der Waals surface area contributed by atoms with E-state index < -0.39 is 23.4 Å². The van der Waals surface area contributed by atoms with Gasteiger partial charge >= 0.3 is 11.9 Å². The molecule has 8 aromatic carbocycles. The van der Waals surface area contributed by atoms with Crippen LogP contribution in [0.2, 0.25) is 0 Å². The number of anilines is 2. The topological polar surface area (TPSA) is 139 Å². The summed E-state index contributed by atoms with van der Waals surface area (Å²) in [5.41, 5.74) is 17.3. The van der Waals surface area contributed by atoms with Gasteiger partial charge in [-0.15, -0.1) is 12.4 Å². The maximum absolute atomic E-state index is 11.6. The summed E-state index contributed by atoms with van der Waals surface area (Å²) in [6, 6.07) is 64.3. The van der Waals surface area contributed by atoms with Crippen molar-refractivity contribution in [3.05, 3.63) is 262 Å². The Morgan fingerprint density at radius 3 is 1.17 bits per heavy atom. The first-order valence-electron chi connectivity index (χ1n) is 28.8. The van der Waals surface area contributed by atoms with Crippen LogP contribution in [0.15, 0.2) is 194 Å². The molecule has 0 aliphatic rings. The van der Waals surface area contributed by atoms with E-state index in [1.807, 2.05) is 0 Å². The Bertz CT molecular complexity index is 4360. The molecule has 444 valence electrons. The summed E-state index contributed by atoms with van der Waals surface area (Å²) >= 11 is 0. The minimum Gasteiger partial charge on any atom is -0.507 e. The average molecular weight is 1190 g/mol. The number of nitrogens with zero attached hydrogens (tertiary/aromatic N) is 6. The summed E-state index contributed by atoms with van der Waals surface area (Å²) in [4.78, 5) is 27.5. The van der Waals surface area contributed by atoms with Crippen LogP contribution >= 0.6 is 12.4 Å². The molecule has 88 heavy (non-hydrogen) atoms. The van der Waals surface area contributed by atoms with E-state index >= 15 is 0 Å². The second kappa shape index (κ2) is 26.5. The Labute approximate surface area is 519 Å². The molecule has 0 amide bonds. The SMILES string of the molecule is Cc1cc(/C=C/c2ccc3cc(N(C)C)ccc3[n+]2C)c(C)n1-c1ccccc1.Cc1cc(/C=C/c2ccc3cc(N(C)C)ccc3[n+]2C)c(C)n1-c1ccccc1.Cl.O=C(O)c1cc2ccccc2c(Cc2c(O)c(C(=O)O)cc3ccccc23)c1O. The molecule has 0 aliphatic carbocycles. The number of aryl methyl sites for hydroxylation is 4. The third-order valence-corrected chi connectivity index (χ3v) is 16.3. The predicted molar refractivity (Wildman–Crippen MR) is 362 cm³/mol. The number of fused-ring (bicyclic) bond motifs is 4. The number of hydrogen-bond donors (Lipinski definition) is 4. The minimum atomic E-state index is -1.28. The summed E-state index contributed by atoms with van der Waals surface area (Å²) in [5.74, 6) is -3.36. The lowest BCUT2D eigenvalue weighted by molar-refractivity contribution is -0.646. The molecule has 12 aromatic rings. The number of aromatic carboxylic acids is 2. The fourth-order valence-electron chi connectivity index (χ4n) is 11.6.